The Kier molecular flexibility index (Phi) is 1.87. The number of carbonyl (C=O) groups is 2. The summed E-state index contributed by atoms with van der Waals surface area (Å²) in [6.07, 6.45) is 4.19. The molecule has 2 aliphatic rings. The lowest BCUT2D eigenvalue weighted by Gasteiger charge is -2.24. The van der Waals surface area contributed by atoms with Gasteiger partial charge in [-0.3, -0.25) is 9.59 Å². The molecule has 3 atom stereocenters. The third kappa shape index (κ3) is 0.997. The highest BCUT2D eigenvalue weighted by Gasteiger charge is 2.58. The van der Waals surface area contributed by atoms with Crippen LogP contribution in [0.25, 0.3) is 0 Å². The number of hydrogen-bond donors (Lipinski definition) is 0. The number of fused-ring (bicyclic) bond motifs is 1. The minimum Gasteiger partial charge on any atom is -0.468 e. The molecule has 1 heterocycles. The maximum Gasteiger partial charge on any atom is 0.321 e. The number of rotatable bonds is 1. The van der Waals surface area contributed by atoms with Crippen LogP contribution in [-0.2, 0) is 19.1 Å². The van der Waals surface area contributed by atoms with Gasteiger partial charge >= 0.3 is 11.9 Å². The Morgan fingerprint density at radius 1 is 1.71 bits per heavy atom. The molecule has 2 rings (SSSR count). The summed E-state index contributed by atoms with van der Waals surface area (Å²) in [5.41, 5.74) is -0.440. The quantitative estimate of drug-likeness (QED) is 0.351. The normalized spacial score (nSPS) is 39.4. The highest BCUT2D eigenvalue weighted by atomic mass is 16.6. The van der Waals surface area contributed by atoms with Crippen molar-refractivity contribution in [3.63, 3.8) is 0 Å². The van der Waals surface area contributed by atoms with Crippen LogP contribution in [0, 0.1) is 11.3 Å². The first-order valence-electron chi connectivity index (χ1n) is 4.54. The van der Waals surface area contributed by atoms with Gasteiger partial charge in [0.2, 0.25) is 0 Å². The maximum absolute atomic E-state index is 11.4. The Labute approximate surface area is 81.9 Å². The number of allylic oxidation sites excluding steroid dienone is 1. The summed E-state index contributed by atoms with van der Waals surface area (Å²) >= 11 is 0. The average molecular weight is 196 g/mol. The summed E-state index contributed by atoms with van der Waals surface area (Å²) in [5.74, 6) is -1.73. The highest BCUT2D eigenvalue weighted by molar-refractivity contribution is 5.97. The number of methoxy groups -OCH3 is 1. The molecule has 1 aliphatic carbocycles. The molecule has 0 aromatic carbocycles. The second-order valence-corrected chi connectivity index (χ2v) is 3.95. The predicted molar refractivity (Wildman–Crippen MR) is 47.3 cm³/mol. The van der Waals surface area contributed by atoms with E-state index in [-0.39, 0.29) is 6.10 Å². The fourth-order valence-electron chi connectivity index (χ4n) is 2.18. The molecule has 1 fully saturated rings. The standard InChI is InChI=1S/C10H12O4/c1-10-5-3-4-6(10)14-9(12)7(10)8(11)13-2/h3-4,6-7H,5H2,1-2H3/t6-,7+,10+/m0/s1. The van der Waals surface area contributed by atoms with Crippen molar-refractivity contribution in [3.05, 3.63) is 12.2 Å². The molecule has 1 saturated heterocycles. The minimum absolute atomic E-state index is 0.265. The molecule has 0 spiro atoms. The van der Waals surface area contributed by atoms with Gasteiger partial charge in [0.15, 0.2) is 5.92 Å². The van der Waals surface area contributed by atoms with Gasteiger partial charge in [0, 0.05) is 5.41 Å². The molecule has 0 aromatic heterocycles. The molecule has 0 bridgehead atoms. The average Bonchev–Trinajstić information content (AvgIpc) is 2.57. The molecule has 0 N–H and O–H groups in total. The van der Waals surface area contributed by atoms with Crippen LogP contribution in [0.2, 0.25) is 0 Å². The summed E-state index contributed by atoms with van der Waals surface area (Å²) in [7, 11) is 1.29. The fourth-order valence-corrected chi connectivity index (χ4v) is 2.18. The van der Waals surface area contributed by atoms with Gasteiger partial charge in [-0.2, -0.15) is 0 Å². The first-order valence-corrected chi connectivity index (χ1v) is 4.54. The first kappa shape index (κ1) is 9.24. The second-order valence-electron chi connectivity index (χ2n) is 3.95. The van der Waals surface area contributed by atoms with Gasteiger partial charge in [-0.05, 0) is 12.5 Å². The van der Waals surface area contributed by atoms with E-state index in [4.69, 9.17) is 4.74 Å². The van der Waals surface area contributed by atoms with Crippen LogP contribution < -0.4 is 0 Å². The lowest BCUT2D eigenvalue weighted by Crippen LogP contribution is -2.35. The van der Waals surface area contributed by atoms with E-state index in [1.165, 1.54) is 7.11 Å². The van der Waals surface area contributed by atoms with Gasteiger partial charge in [0.05, 0.1) is 7.11 Å². The van der Waals surface area contributed by atoms with E-state index in [1.807, 2.05) is 19.1 Å². The van der Waals surface area contributed by atoms with Crippen molar-refractivity contribution >= 4 is 11.9 Å². The molecule has 0 saturated carbocycles. The minimum atomic E-state index is -0.771. The van der Waals surface area contributed by atoms with Crippen molar-refractivity contribution in [2.75, 3.05) is 7.11 Å². The van der Waals surface area contributed by atoms with Crippen LogP contribution in [0.1, 0.15) is 13.3 Å². The van der Waals surface area contributed by atoms with Gasteiger partial charge in [0.25, 0.3) is 0 Å². The zero-order chi connectivity index (χ0) is 10.3. The Morgan fingerprint density at radius 2 is 2.43 bits per heavy atom. The Morgan fingerprint density at radius 3 is 3.07 bits per heavy atom. The lowest BCUT2D eigenvalue weighted by atomic mass is 9.75. The van der Waals surface area contributed by atoms with E-state index >= 15 is 0 Å². The number of esters is 2. The van der Waals surface area contributed by atoms with Crippen molar-refractivity contribution in [1.29, 1.82) is 0 Å². The predicted octanol–water partition coefficient (Wildman–Crippen LogP) is 0.667. The van der Waals surface area contributed by atoms with Crippen LogP contribution in [0.15, 0.2) is 12.2 Å². The molecule has 14 heavy (non-hydrogen) atoms. The molecule has 76 valence electrons. The largest absolute Gasteiger partial charge is 0.468 e. The van der Waals surface area contributed by atoms with Crippen LogP contribution in [-0.4, -0.2) is 25.2 Å². The van der Waals surface area contributed by atoms with Crippen molar-refractivity contribution in [3.8, 4) is 0 Å². The topological polar surface area (TPSA) is 52.6 Å². The van der Waals surface area contributed by atoms with Crippen LogP contribution in [0.4, 0.5) is 0 Å². The SMILES string of the molecule is COC(=O)[C@@H]1C(=O)O[C@H]2C=CC[C@@]12C. The fraction of sp³-hybridized carbons (Fsp3) is 0.600. The van der Waals surface area contributed by atoms with E-state index in [9.17, 15) is 9.59 Å². The Bertz CT molecular complexity index is 320. The third-order valence-corrected chi connectivity index (χ3v) is 3.09. The molecular weight excluding hydrogens is 184 g/mol. The van der Waals surface area contributed by atoms with Crippen molar-refractivity contribution < 1.29 is 19.1 Å². The monoisotopic (exact) mass is 196 g/mol. The van der Waals surface area contributed by atoms with Crippen LogP contribution in [0.5, 0.6) is 0 Å². The zero-order valence-electron chi connectivity index (χ0n) is 8.15. The number of carbonyl (C=O) groups excluding carboxylic acids is 2. The number of ether oxygens (including phenoxy) is 2. The van der Waals surface area contributed by atoms with Gasteiger partial charge < -0.3 is 9.47 Å². The van der Waals surface area contributed by atoms with E-state index in [0.717, 1.165) is 0 Å². The van der Waals surface area contributed by atoms with Gasteiger partial charge in [-0.15, -0.1) is 0 Å². The summed E-state index contributed by atoms with van der Waals surface area (Å²) < 4.78 is 9.71. The molecule has 0 unspecified atom stereocenters. The molecule has 0 aromatic rings. The third-order valence-electron chi connectivity index (χ3n) is 3.09. The molecule has 0 radical (unpaired) electrons. The van der Waals surface area contributed by atoms with Crippen LogP contribution in [0.3, 0.4) is 0 Å². The second kappa shape index (κ2) is 2.83. The summed E-state index contributed by atoms with van der Waals surface area (Å²) in [6.45, 7) is 1.88. The van der Waals surface area contributed by atoms with E-state index < -0.39 is 23.3 Å². The first-order chi connectivity index (χ1) is 6.59. The zero-order valence-corrected chi connectivity index (χ0v) is 8.15. The Hall–Kier alpha value is -1.32. The van der Waals surface area contributed by atoms with E-state index in [2.05, 4.69) is 4.74 Å². The van der Waals surface area contributed by atoms with Gasteiger partial charge in [-0.1, -0.05) is 13.0 Å². The van der Waals surface area contributed by atoms with Crippen molar-refractivity contribution in [2.24, 2.45) is 11.3 Å². The molecule has 0 amide bonds. The summed E-state index contributed by atoms with van der Waals surface area (Å²) in [5, 5.41) is 0. The maximum atomic E-state index is 11.4. The molecular formula is C10H12O4. The van der Waals surface area contributed by atoms with E-state index in [0.29, 0.717) is 6.42 Å². The summed E-state index contributed by atoms with van der Waals surface area (Å²) in [6, 6.07) is 0. The van der Waals surface area contributed by atoms with Gasteiger partial charge in [0.1, 0.15) is 6.10 Å². The smallest absolute Gasteiger partial charge is 0.321 e. The lowest BCUT2D eigenvalue weighted by molar-refractivity contribution is -0.156. The highest BCUT2D eigenvalue weighted by Crippen LogP contribution is 2.48. The van der Waals surface area contributed by atoms with Crippen molar-refractivity contribution in [1.82, 2.24) is 0 Å². The molecule has 1 aliphatic heterocycles. The van der Waals surface area contributed by atoms with Gasteiger partial charge in [-0.25, -0.2) is 0 Å². The molecule has 4 heteroatoms. The Balaban J connectivity index is 2.32. The summed E-state index contributed by atoms with van der Waals surface area (Å²) in [4.78, 5) is 22.9. The van der Waals surface area contributed by atoms with E-state index in [1.54, 1.807) is 0 Å². The van der Waals surface area contributed by atoms with Crippen LogP contribution >= 0.6 is 0 Å². The van der Waals surface area contributed by atoms with Crippen molar-refractivity contribution in [2.45, 2.75) is 19.4 Å². The molecule has 4 nitrogen and oxygen atoms in total. The number of hydrogen-bond acceptors (Lipinski definition) is 4.